The summed E-state index contributed by atoms with van der Waals surface area (Å²) in [4.78, 5) is 22.6. The molecular formula is C20H29BN4O6. The molecule has 11 heteroatoms. The Bertz CT molecular complexity index is 918. The van der Waals surface area contributed by atoms with Crippen LogP contribution in [0.25, 0.3) is 5.57 Å². The maximum Gasteiger partial charge on any atom is 0.498 e. The average molecular weight is 432 g/mol. The topological polar surface area (TPSA) is 120 Å². The molecule has 1 amide bonds. The van der Waals surface area contributed by atoms with Crippen LogP contribution in [0, 0.1) is 10.1 Å². The standard InChI is InChI=1S/C20H29BN4O6/c1-8-15(10-9-14(2)25(28)29)17-16(21-30-19(3,4)20(5,6)31-21)13-24(22-17)12-11-23(7)18(26)27/h8-10,13H,2,11-12H2,1,3-7H3,(H,26,27). The Kier molecular flexibility index (Phi) is 7.12. The fourth-order valence-electron chi connectivity index (χ4n) is 2.83. The van der Waals surface area contributed by atoms with Gasteiger partial charge in [0.05, 0.1) is 28.4 Å². The number of nitro groups is 1. The van der Waals surface area contributed by atoms with Crippen LogP contribution in [-0.4, -0.2) is 62.7 Å². The van der Waals surface area contributed by atoms with Crippen molar-refractivity contribution in [1.29, 1.82) is 0 Å². The number of aromatic nitrogens is 2. The lowest BCUT2D eigenvalue weighted by atomic mass is 9.78. The number of amides is 1. The van der Waals surface area contributed by atoms with Crippen molar-refractivity contribution in [2.24, 2.45) is 0 Å². The Morgan fingerprint density at radius 1 is 1.35 bits per heavy atom. The van der Waals surface area contributed by atoms with Crippen molar-refractivity contribution in [3.8, 4) is 0 Å². The maximum absolute atomic E-state index is 11.1. The summed E-state index contributed by atoms with van der Waals surface area (Å²) >= 11 is 0. The highest BCUT2D eigenvalue weighted by Crippen LogP contribution is 2.37. The average Bonchev–Trinajstić information content (AvgIpc) is 3.17. The van der Waals surface area contributed by atoms with E-state index >= 15 is 0 Å². The van der Waals surface area contributed by atoms with E-state index < -0.39 is 29.3 Å². The van der Waals surface area contributed by atoms with Crippen LogP contribution < -0.4 is 5.46 Å². The number of hydrogen-bond donors (Lipinski definition) is 1. The predicted octanol–water partition coefficient (Wildman–Crippen LogP) is 2.54. The van der Waals surface area contributed by atoms with Crippen molar-refractivity contribution in [3.63, 3.8) is 0 Å². The van der Waals surface area contributed by atoms with Crippen LogP contribution >= 0.6 is 0 Å². The fourth-order valence-corrected chi connectivity index (χ4v) is 2.83. The van der Waals surface area contributed by atoms with Crippen molar-refractivity contribution in [3.05, 3.63) is 52.5 Å². The van der Waals surface area contributed by atoms with Gasteiger partial charge >= 0.3 is 13.2 Å². The molecule has 31 heavy (non-hydrogen) atoms. The van der Waals surface area contributed by atoms with Gasteiger partial charge in [0.2, 0.25) is 0 Å². The molecule has 1 aromatic heterocycles. The predicted molar refractivity (Wildman–Crippen MR) is 118 cm³/mol. The van der Waals surface area contributed by atoms with Gasteiger partial charge in [0.25, 0.3) is 5.70 Å². The minimum absolute atomic E-state index is 0.235. The van der Waals surface area contributed by atoms with Crippen LogP contribution in [-0.2, 0) is 15.9 Å². The molecule has 168 valence electrons. The number of allylic oxidation sites excluding steroid dienone is 4. The molecule has 1 aliphatic heterocycles. The zero-order valence-corrected chi connectivity index (χ0v) is 18.8. The summed E-state index contributed by atoms with van der Waals surface area (Å²) in [5, 5.41) is 24.6. The van der Waals surface area contributed by atoms with Crippen LogP contribution in [0.15, 0.2) is 36.7 Å². The molecule has 0 radical (unpaired) electrons. The third kappa shape index (κ3) is 5.42. The van der Waals surface area contributed by atoms with E-state index in [0.29, 0.717) is 23.3 Å². The Morgan fingerprint density at radius 2 is 1.94 bits per heavy atom. The van der Waals surface area contributed by atoms with Crippen molar-refractivity contribution < 1.29 is 24.1 Å². The molecule has 1 aromatic rings. The molecule has 1 fully saturated rings. The van der Waals surface area contributed by atoms with Gasteiger partial charge in [0.1, 0.15) is 0 Å². The molecule has 0 bridgehead atoms. The molecule has 0 spiro atoms. The van der Waals surface area contributed by atoms with Gasteiger partial charge in [-0.3, -0.25) is 14.8 Å². The Labute approximate surface area is 182 Å². The fraction of sp³-hybridized carbons (Fsp3) is 0.500. The first-order chi connectivity index (χ1) is 14.3. The van der Waals surface area contributed by atoms with Crippen LogP contribution in [0.5, 0.6) is 0 Å². The molecular weight excluding hydrogens is 403 g/mol. The van der Waals surface area contributed by atoms with Gasteiger partial charge in [0.15, 0.2) is 0 Å². The SMILES string of the molecule is C=C(C=CC(=CC)c1nn(CCN(C)C(=O)O)cc1B1OC(C)(C)C(C)(C)O1)[N+](=O)[O-]. The summed E-state index contributed by atoms with van der Waals surface area (Å²) in [7, 11) is 0.776. The van der Waals surface area contributed by atoms with Crippen LogP contribution in [0.4, 0.5) is 4.79 Å². The van der Waals surface area contributed by atoms with Gasteiger partial charge in [-0.2, -0.15) is 5.10 Å². The first-order valence-electron chi connectivity index (χ1n) is 9.84. The molecule has 1 N–H and O–H groups in total. The first-order valence-corrected chi connectivity index (χ1v) is 9.84. The number of carboxylic acid groups (broad SMARTS) is 1. The highest BCUT2D eigenvalue weighted by atomic mass is 16.7. The van der Waals surface area contributed by atoms with E-state index in [-0.39, 0.29) is 12.2 Å². The number of hydrogen-bond acceptors (Lipinski definition) is 6. The van der Waals surface area contributed by atoms with Crippen molar-refractivity contribution >= 4 is 24.2 Å². The largest absolute Gasteiger partial charge is 0.498 e. The second kappa shape index (κ2) is 9.07. The molecule has 2 heterocycles. The second-order valence-electron chi connectivity index (χ2n) is 8.31. The lowest BCUT2D eigenvalue weighted by Gasteiger charge is -2.32. The molecule has 0 aliphatic carbocycles. The minimum Gasteiger partial charge on any atom is -0.465 e. The van der Waals surface area contributed by atoms with Gasteiger partial charge < -0.3 is 19.3 Å². The highest BCUT2D eigenvalue weighted by molar-refractivity contribution is 6.63. The molecule has 0 atom stereocenters. The summed E-state index contributed by atoms with van der Waals surface area (Å²) in [6.07, 6.45) is 5.37. The van der Waals surface area contributed by atoms with Gasteiger partial charge in [0, 0.05) is 31.3 Å². The minimum atomic E-state index is -1.03. The zero-order valence-electron chi connectivity index (χ0n) is 18.8. The number of carbonyl (C=O) groups is 1. The zero-order chi connectivity index (χ0) is 23.6. The van der Waals surface area contributed by atoms with E-state index in [0.717, 1.165) is 4.90 Å². The Morgan fingerprint density at radius 3 is 2.42 bits per heavy atom. The molecule has 2 rings (SSSR count). The van der Waals surface area contributed by atoms with Crippen LogP contribution in [0.3, 0.4) is 0 Å². The van der Waals surface area contributed by atoms with E-state index in [9.17, 15) is 14.9 Å². The van der Waals surface area contributed by atoms with E-state index in [1.54, 1.807) is 30.0 Å². The maximum atomic E-state index is 11.1. The second-order valence-corrected chi connectivity index (χ2v) is 8.31. The van der Waals surface area contributed by atoms with E-state index in [2.05, 4.69) is 11.7 Å². The molecule has 1 saturated heterocycles. The summed E-state index contributed by atoms with van der Waals surface area (Å²) < 4.78 is 14.0. The smallest absolute Gasteiger partial charge is 0.465 e. The third-order valence-corrected chi connectivity index (χ3v) is 5.56. The number of nitrogens with zero attached hydrogens (tertiary/aromatic N) is 4. The van der Waals surface area contributed by atoms with Gasteiger partial charge in [-0.05, 0) is 52.8 Å². The van der Waals surface area contributed by atoms with E-state index in [1.165, 1.54) is 13.1 Å². The van der Waals surface area contributed by atoms with E-state index in [1.807, 2.05) is 27.7 Å². The van der Waals surface area contributed by atoms with Gasteiger partial charge in [-0.15, -0.1) is 0 Å². The first kappa shape index (κ1) is 24.4. The number of rotatable bonds is 8. The molecule has 10 nitrogen and oxygen atoms in total. The molecule has 0 saturated carbocycles. The van der Waals surface area contributed by atoms with Gasteiger partial charge in [-0.25, -0.2) is 4.79 Å². The summed E-state index contributed by atoms with van der Waals surface area (Å²) in [6.45, 7) is 13.5. The Balaban J connectivity index is 2.43. The lowest BCUT2D eigenvalue weighted by Crippen LogP contribution is -2.41. The van der Waals surface area contributed by atoms with Crippen LogP contribution in [0.1, 0.15) is 40.3 Å². The third-order valence-electron chi connectivity index (χ3n) is 5.56. The Hall–Kier alpha value is -2.92. The molecule has 0 aromatic carbocycles. The summed E-state index contributed by atoms with van der Waals surface area (Å²) in [5.74, 6) is 0. The normalized spacial score (nSPS) is 17.9. The summed E-state index contributed by atoms with van der Waals surface area (Å²) in [5.41, 5.74) is 0.434. The summed E-state index contributed by atoms with van der Waals surface area (Å²) in [6, 6.07) is 0. The van der Waals surface area contributed by atoms with Crippen molar-refractivity contribution in [2.75, 3.05) is 13.6 Å². The van der Waals surface area contributed by atoms with Gasteiger partial charge in [-0.1, -0.05) is 6.08 Å². The van der Waals surface area contributed by atoms with E-state index in [4.69, 9.17) is 14.4 Å². The lowest BCUT2D eigenvalue weighted by molar-refractivity contribution is -0.418. The van der Waals surface area contributed by atoms with Crippen LogP contribution in [0.2, 0.25) is 0 Å². The molecule has 1 aliphatic rings. The monoisotopic (exact) mass is 432 g/mol. The molecule has 0 unspecified atom stereocenters. The number of likely N-dealkylation sites (N-methyl/N-ethyl adjacent to an activating group) is 1. The highest BCUT2D eigenvalue weighted by Gasteiger charge is 2.52. The quantitative estimate of drug-likeness (QED) is 0.290. The van der Waals surface area contributed by atoms with Crippen molar-refractivity contribution in [1.82, 2.24) is 14.7 Å². The van der Waals surface area contributed by atoms with Crippen molar-refractivity contribution in [2.45, 2.75) is 52.4 Å².